The second-order valence-electron chi connectivity index (χ2n) is 8.89. The molecular weight excluding hydrogens is 464 g/mol. The van der Waals surface area contributed by atoms with E-state index >= 15 is 0 Å². The summed E-state index contributed by atoms with van der Waals surface area (Å²) in [4.78, 5) is 0. The van der Waals surface area contributed by atoms with Gasteiger partial charge in [0.05, 0.1) is 0 Å². The van der Waals surface area contributed by atoms with Crippen LogP contribution in [0.15, 0.2) is 126 Å². The molecule has 6 rings (SSSR count). The van der Waals surface area contributed by atoms with Crippen molar-refractivity contribution in [3.63, 3.8) is 0 Å². The van der Waals surface area contributed by atoms with E-state index < -0.39 is 0 Å². The Morgan fingerprint density at radius 3 is 1.67 bits per heavy atom. The maximum absolute atomic E-state index is 3.74. The SMILES string of the molecule is CC1(c2cc(-c3ccccc3)cc(-c3ccccc3)c2)c2ccccc2-c2ccc(Br)cc21. The Hall–Kier alpha value is -3.42. The normalized spacial score (nSPS) is 16.3. The molecule has 0 spiro atoms. The Kier molecular flexibility index (Phi) is 4.81. The Morgan fingerprint density at radius 1 is 0.485 bits per heavy atom. The molecule has 33 heavy (non-hydrogen) atoms. The molecule has 1 atom stereocenters. The van der Waals surface area contributed by atoms with E-state index in [-0.39, 0.29) is 5.41 Å². The van der Waals surface area contributed by atoms with Gasteiger partial charge in [-0.05, 0) is 87.3 Å². The zero-order chi connectivity index (χ0) is 22.4. The predicted octanol–water partition coefficient (Wildman–Crippen LogP) is 9.12. The number of hydrogen-bond donors (Lipinski definition) is 0. The van der Waals surface area contributed by atoms with Gasteiger partial charge in [0.1, 0.15) is 0 Å². The second kappa shape index (κ2) is 7.86. The van der Waals surface area contributed by atoms with Crippen molar-refractivity contribution in [3.05, 3.63) is 142 Å². The lowest BCUT2D eigenvalue weighted by Crippen LogP contribution is -2.22. The van der Waals surface area contributed by atoms with Crippen LogP contribution in [0.4, 0.5) is 0 Å². The van der Waals surface area contributed by atoms with E-state index in [9.17, 15) is 0 Å². The highest BCUT2D eigenvalue weighted by Crippen LogP contribution is 2.53. The Labute approximate surface area is 203 Å². The fraction of sp³-hybridized carbons (Fsp3) is 0.0625. The molecule has 0 aromatic heterocycles. The van der Waals surface area contributed by atoms with Crippen molar-refractivity contribution < 1.29 is 0 Å². The Balaban J connectivity index is 1.66. The minimum absolute atomic E-state index is 0.246. The number of hydrogen-bond acceptors (Lipinski definition) is 0. The Morgan fingerprint density at radius 2 is 1.03 bits per heavy atom. The highest BCUT2D eigenvalue weighted by atomic mass is 79.9. The first-order valence-corrected chi connectivity index (χ1v) is 12.1. The molecule has 5 aromatic carbocycles. The van der Waals surface area contributed by atoms with E-state index in [0.29, 0.717) is 0 Å². The summed E-state index contributed by atoms with van der Waals surface area (Å²) in [5, 5.41) is 0. The lowest BCUT2D eigenvalue weighted by molar-refractivity contribution is 0.714. The molecule has 0 saturated heterocycles. The van der Waals surface area contributed by atoms with E-state index in [1.807, 2.05) is 0 Å². The minimum Gasteiger partial charge on any atom is -0.0622 e. The third kappa shape index (κ3) is 3.27. The zero-order valence-corrected chi connectivity index (χ0v) is 20.0. The monoisotopic (exact) mass is 486 g/mol. The van der Waals surface area contributed by atoms with Crippen molar-refractivity contribution in [2.24, 2.45) is 0 Å². The summed E-state index contributed by atoms with van der Waals surface area (Å²) in [5.41, 5.74) is 11.4. The largest absolute Gasteiger partial charge is 0.0622 e. The van der Waals surface area contributed by atoms with Gasteiger partial charge in [-0.1, -0.05) is 107 Å². The summed E-state index contributed by atoms with van der Waals surface area (Å²) in [6.07, 6.45) is 0. The van der Waals surface area contributed by atoms with Crippen molar-refractivity contribution >= 4 is 15.9 Å². The van der Waals surface area contributed by atoms with Crippen LogP contribution >= 0.6 is 15.9 Å². The van der Waals surface area contributed by atoms with Crippen LogP contribution in [0.25, 0.3) is 33.4 Å². The van der Waals surface area contributed by atoms with Gasteiger partial charge in [0.2, 0.25) is 0 Å². The van der Waals surface area contributed by atoms with Crippen LogP contribution in [-0.2, 0) is 5.41 Å². The first-order valence-electron chi connectivity index (χ1n) is 11.3. The molecule has 0 amide bonds. The third-order valence-electron chi connectivity index (χ3n) is 7.00. The number of rotatable bonds is 3. The molecule has 0 fully saturated rings. The lowest BCUT2D eigenvalue weighted by Gasteiger charge is -2.30. The summed E-state index contributed by atoms with van der Waals surface area (Å²) in [6.45, 7) is 2.38. The van der Waals surface area contributed by atoms with Gasteiger partial charge in [0, 0.05) is 9.89 Å². The maximum atomic E-state index is 3.74. The average Bonchev–Trinajstić information content (AvgIpc) is 3.14. The van der Waals surface area contributed by atoms with Crippen molar-refractivity contribution in [2.45, 2.75) is 12.3 Å². The summed E-state index contributed by atoms with van der Waals surface area (Å²) < 4.78 is 1.11. The first kappa shape index (κ1) is 20.2. The topological polar surface area (TPSA) is 0 Å². The third-order valence-corrected chi connectivity index (χ3v) is 7.49. The van der Waals surface area contributed by atoms with Gasteiger partial charge in [-0.25, -0.2) is 0 Å². The predicted molar refractivity (Wildman–Crippen MR) is 142 cm³/mol. The molecular formula is C32H23Br. The summed E-state index contributed by atoms with van der Waals surface area (Å²) in [7, 11) is 0. The molecule has 0 aliphatic heterocycles. The van der Waals surface area contributed by atoms with Crippen LogP contribution in [-0.4, -0.2) is 0 Å². The fourth-order valence-electron chi connectivity index (χ4n) is 5.29. The van der Waals surface area contributed by atoms with Gasteiger partial charge in [-0.15, -0.1) is 0 Å². The fourth-order valence-corrected chi connectivity index (χ4v) is 5.65. The molecule has 1 unspecified atom stereocenters. The molecule has 5 aromatic rings. The molecule has 0 saturated carbocycles. The van der Waals surface area contributed by atoms with Gasteiger partial charge in [-0.3, -0.25) is 0 Å². The zero-order valence-electron chi connectivity index (χ0n) is 18.4. The van der Waals surface area contributed by atoms with Crippen LogP contribution in [0, 0.1) is 0 Å². The molecule has 1 heteroatoms. The van der Waals surface area contributed by atoms with Crippen molar-refractivity contribution in [1.29, 1.82) is 0 Å². The van der Waals surface area contributed by atoms with Crippen molar-refractivity contribution in [2.75, 3.05) is 0 Å². The van der Waals surface area contributed by atoms with Crippen molar-refractivity contribution in [3.8, 4) is 33.4 Å². The van der Waals surface area contributed by atoms with Crippen LogP contribution < -0.4 is 0 Å². The first-order chi connectivity index (χ1) is 16.1. The number of fused-ring (bicyclic) bond motifs is 3. The summed E-state index contributed by atoms with van der Waals surface area (Å²) >= 11 is 3.74. The summed E-state index contributed by atoms with van der Waals surface area (Å²) in [5.74, 6) is 0. The van der Waals surface area contributed by atoms with Crippen molar-refractivity contribution in [1.82, 2.24) is 0 Å². The quantitative estimate of drug-likeness (QED) is 0.238. The lowest BCUT2D eigenvalue weighted by atomic mass is 9.73. The van der Waals surface area contributed by atoms with Crippen LogP contribution in [0.3, 0.4) is 0 Å². The van der Waals surface area contributed by atoms with E-state index in [2.05, 4.69) is 144 Å². The second-order valence-corrected chi connectivity index (χ2v) is 9.81. The van der Waals surface area contributed by atoms with Crippen LogP contribution in [0.5, 0.6) is 0 Å². The smallest absolute Gasteiger partial charge is 0.0436 e. The highest BCUT2D eigenvalue weighted by molar-refractivity contribution is 9.10. The molecule has 1 aliphatic rings. The van der Waals surface area contributed by atoms with Gasteiger partial charge in [-0.2, -0.15) is 0 Å². The minimum atomic E-state index is -0.246. The average molecular weight is 487 g/mol. The van der Waals surface area contributed by atoms with Gasteiger partial charge in [0.15, 0.2) is 0 Å². The molecule has 1 aliphatic carbocycles. The van der Waals surface area contributed by atoms with E-state index in [1.54, 1.807) is 0 Å². The standard InChI is InChI=1S/C32H23Br/c1-32(30-15-9-8-14-28(30)29-17-16-27(33)21-31(29)32)26-19-24(22-10-4-2-5-11-22)18-25(20-26)23-12-6-3-7-13-23/h2-21H,1H3. The van der Waals surface area contributed by atoms with Gasteiger partial charge in [0.25, 0.3) is 0 Å². The maximum Gasteiger partial charge on any atom is 0.0436 e. The van der Waals surface area contributed by atoms with Crippen LogP contribution in [0.1, 0.15) is 23.6 Å². The number of halogens is 1. The highest BCUT2D eigenvalue weighted by Gasteiger charge is 2.41. The molecule has 0 bridgehead atoms. The van der Waals surface area contributed by atoms with E-state index in [4.69, 9.17) is 0 Å². The molecule has 158 valence electrons. The summed E-state index contributed by atoms with van der Waals surface area (Å²) in [6, 6.07) is 44.0. The molecule has 0 nitrogen and oxygen atoms in total. The van der Waals surface area contributed by atoms with Gasteiger partial charge >= 0.3 is 0 Å². The Bertz CT molecular complexity index is 1410. The van der Waals surface area contributed by atoms with E-state index in [0.717, 1.165) is 4.47 Å². The molecule has 0 N–H and O–H groups in total. The van der Waals surface area contributed by atoms with Crippen LogP contribution in [0.2, 0.25) is 0 Å². The van der Waals surface area contributed by atoms with E-state index in [1.165, 1.54) is 50.1 Å². The number of benzene rings is 5. The van der Waals surface area contributed by atoms with Gasteiger partial charge < -0.3 is 0 Å². The molecule has 0 radical (unpaired) electrons. The molecule has 0 heterocycles.